The van der Waals surface area contributed by atoms with Crippen LogP contribution >= 0.6 is 0 Å². The molecule has 1 amide bonds. The number of benzene rings is 2. The second-order valence-electron chi connectivity index (χ2n) is 5.48. The van der Waals surface area contributed by atoms with Gasteiger partial charge in [-0.1, -0.05) is 23.8 Å². The fourth-order valence-electron chi connectivity index (χ4n) is 2.29. The average molecular weight is 328 g/mol. The Labute approximate surface area is 143 Å². The van der Waals surface area contributed by atoms with Crippen molar-refractivity contribution in [3.8, 4) is 11.5 Å². The molecule has 0 aliphatic carbocycles. The molecule has 0 aliphatic heterocycles. The molecule has 0 aromatic heterocycles. The van der Waals surface area contributed by atoms with E-state index in [1.165, 1.54) is 0 Å². The number of hydrogen-bond acceptors (Lipinski definition) is 4. The lowest BCUT2D eigenvalue weighted by Gasteiger charge is -2.11. The molecule has 2 N–H and O–H groups in total. The summed E-state index contributed by atoms with van der Waals surface area (Å²) in [7, 11) is 3.27. The first kappa shape index (κ1) is 17.8. The molecule has 0 radical (unpaired) electrons. The number of carbonyl (C=O) groups is 1. The van der Waals surface area contributed by atoms with Gasteiger partial charge in [0.25, 0.3) is 5.91 Å². The number of nitrogens with one attached hydrogen (secondary N) is 2. The zero-order valence-corrected chi connectivity index (χ0v) is 14.4. The van der Waals surface area contributed by atoms with Crippen LogP contribution in [0.5, 0.6) is 11.5 Å². The summed E-state index contributed by atoms with van der Waals surface area (Å²) in [4.78, 5) is 12.0. The SMILES string of the molecule is COc1ccc(CNCCNC(=O)c2ccc(C)cc2)c(OC)c1. The van der Waals surface area contributed by atoms with E-state index in [0.717, 1.165) is 22.6 Å². The van der Waals surface area contributed by atoms with Crippen LogP contribution < -0.4 is 20.1 Å². The van der Waals surface area contributed by atoms with Crippen LogP contribution in [0.2, 0.25) is 0 Å². The number of aryl methyl sites for hydroxylation is 1. The van der Waals surface area contributed by atoms with Crippen molar-refractivity contribution in [2.75, 3.05) is 27.3 Å². The highest BCUT2D eigenvalue weighted by Gasteiger charge is 2.06. The summed E-state index contributed by atoms with van der Waals surface area (Å²) in [6, 6.07) is 13.3. The Kier molecular flexibility index (Phi) is 6.63. The first-order valence-electron chi connectivity index (χ1n) is 7.90. The van der Waals surface area contributed by atoms with Crippen LogP contribution in [0.3, 0.4) is 0 Å². The van der Waals surface area contributed by atoms with Crippen molar-refractivity contribution in [2.24, 2.45) is 0 Å². The maximum atomic E-state index is 12.0. The molecule has 0 heterocycles. The van der Waals surface area contributed by atoms with Crippen molar-refractivity contribution in [1.82, 2.24) is 10.6 Å². The largest absolute Gasteiger partial charge is 0.497 e. The van der Waals surface area contributed by atoms with E-state index in [0.29, 0.717) is 25.2 Å². The maximum absolute atomic E-state index is 12.0. The highest BCUT2D eigenvalue weighted by molar-refractivity contribution is 5.94. The molecular weight excluding hydrogens is 304 g/mol. The maximum Gasteiger partial charge on any atom is 0.251 e. The number of hydrogen-bond donors (Lipinski definition) is 2. The third kappa shape index (κ3) is 4.99. The average Bonchev–Trinajstić information content (AvgIpc) is 2.61. The molecule has 0 aliphatic rings. The molecule has 2 aromatic carbocycles. The molecule has 0 saturated carbocycles. The summed E-state index contributed by atoms with van der Waals surface area (Å²) in [5.74, 6) is 1.49. The van der Waals surface area contributed by atoms with E-state index in [9.17, 15) is 4.79 Å². The molecule has 0 spiro atoms. The van der Waals surface area contributed by atoms with Gasteiger partial charge in [0.1, 0.15) is 11.5 Å². The van der Waals surface area contributed by atoms with Crippen molar-refractivity contribution in [3.05, 3.63) is 59.2 Å². The van der Waals surface area contributed by atoms with Crippen molar-refractivity contribution >= 4 is 5.91 Å². The van der Waals surface area contributed by atoms with Gasteiger partial charge in [0.15, 0.2) is 0 Å². The summed E-state index contributed by atoms with van der Waals surface area (Å²) in [5, 5.41) is 6.19. The van der Waals surface area contributed by atoms with Crippen LogP contribution in [0.1, 0.15) is 21.5 Å². The molecule has 0 saturated heterocycles. The molecule has 128 valence electrons. The number of methoxy groups -OCH3 is 2. The molecule has 0 atom stereocenters. The Morgan fingerprint density at radius 1 is 1.00 bits per heavy atom. The Balaban J connectivity index is 1.75. The first-order valence-corrected chi connectivity index (χ1v) is 7.90. The van der Waals surface area contributed by atoms with E-state index in [4.69, 9.17) is 9.47 Å². The topological polar surface area (TPSA) is 59.6 Å². The third-order valence-electron chi connectivity index (χ3n) is 3.71. The van der Waals surface area contributed by atoms with Crippen LogP contribution in [0.15, 0.2) is 42.5 Å². The van der Waals surface area contributed by atoms with E-state index in [-0.39, 0.29) is 5.91 Å². The Morgan fingerprint density at radius 2 is 1.75 bits per heavy atom. The number of amides is 1. The highest BCUT2D eigenvalue weighted by atomic mass is 16.5. The summed E-state index contributed by atoms with van der Waals surface area (Å²) >= 11 is 0. The van der Waals surface area contributed by atoms with Gasteiger partial charge >= 0.3 is 0 Å². The normalized spacial score (nSPS) is 10.3. The second kappa shape index (κ2) is 8.93. The van der Waals surface area contributed by atoms with E-state index in [1.807, 2.05) is 49.4 Å². The van der Waals surface area contributed by atoms with Gasteiger partial charge in [-0.3, -0.25) is 4.79 Å². The molecule has 5 heteroatoms. The molecule has 24 heavy (non-hydrogen) atoms. The molecule has 2 aromatic rings. The lowest BCUT2D eigenvalue weighted by molar-refractivity contribution is 0.0954. The van der Waals surface area contributed by atoms with Gasteiger partial charge < -0.3 is 20.1 Å². The van der Waals surface area contributed by atoms with Crippen molar-refractivity contribution in [2.45, 2.75) is 13.5 Å². The van der Waals surface area contributed by atoms with Crippen molar-refractivity contribution < 1.29 is 14.3 Å². The molecule has 0 bridgehead atoms. The van der Waals surface area contributed by atoms with Crippen LogP contribution in [-0.2, 0) is 6.54 Å². The molecular formula is C19H24N2O3. The minimum absolute atomic E-state index is 0.0566. The lowest BCUT2D eigenvalue weighted by atomic mass is 10.1. The van der Waals surface area contributed by atoms with Gasteiger partial charge in [-0.15, -0.1) is 0 Å². The van der Waals surface area contributed by atoms with E-state index >= 15 is 0 Å². The lowest BCUT2D eigenvalue weighted by Crippen LogP contribution is -2.31. The zero-order valence-electron chi connectivity index (χ0n) is 14.4. The minimum atomic E-state index is -0.0566. The van der Waals surface area contributed by atoms with Crippen LogP contribution in [0, 0.1) is 6.92 Å². The number of carbonyl (C=O) groups excluding carboxylic acids is 1. The standard InChI is InChI=1S/C19H24N2O3/c1-14-4-6-15(7-5-14)19(22)21-11-10-20-13-16-8-9-17(23-2)12-18(16)24-3/h4-9,12,20H,10-11,13H2,1-3H3,(H,21,22). The number of rotatable bonds is 8. The van der Waals surface area contributed by atoms with Gasteiger partial charge in [-0.05, 0) is 25.1 Å². The van der Waals surface area contributed by atoms with Gasteiger partial charge in [0.2, 0.25) is 0 Å². The molecule has 0 fully saturated rings. The van der Waals surface area contributed by atoms with Gasteiger partial charge in [0, 0.05) is 36.8 Å². The fourth-order valence-corrected chi connectivity index (χ4v) is 2.29. The summed E-state index contributed by atoms with van der Waals surface area (Å²) < 4.78 is 10.5. The predicted molar refractivity (Wildman–Crippen MR) is 94.8 cm³/mol. The summed E-state index contributed by atoms with van der Waals surface area (Å²) in [5.41, 5.74) is 2.86. The number of ether oxygens (including phenoxy) is 2. The van der Waals surface area contributed by atoms with Crippen LogP contribution in [0.25, 0.3) is 0 Å². The summed E-state index contributed by atoms with van der Waals surface area (Å²) in [6.07, 6.45) is 0. The second-order valence-corrected chi connectivity index (χ2v) is 5.48. The Bertz CT molecular complexity index is 669. The van der Waals surface area contributed by atoms with Crippen molar-refractivity contribution in [1.29, 1.82) is 0 Å². The van der Waals surface area contributed by atoms with Gasteiger partial charge in [-0.2, -0.15) is 0 Å². The van der Waals surface area contributed by atoms with E-state index < -0.39 is 0 Å². The monoisotopic (exact) mass is 328 g/mol. The van der Waals surface area contributed by atoms with Gasteiger partial charge in [-0.25, -0.2) is 0 Å². The molecule has 5 nitrogen and oxygen atoms in total. The van der Waals surface area contributed by atoms with Gasteiger partial charge in [0.05, 0.1) is 14.2 Å². The Morgan fingerprint density at radius 3 is 2.42 bits per heavy atom. The van der Waals surface area contributed by atoms with Crippen LogP contribution in [0.4, 0.5) is 0 Å². The summed E-state index contributed by atoms with van der Waals surface area (Å²) in [6.45, 7) is 3.89. The third-order valence-corrected chi connectivity index (χ3v) is 3.71. The Hall–Kier alpha value is -2.53. The first-order chi connectivity index (χ1) is 11.6. The highest BCUT2D eigenvalue weighted by Crippen LogP contribution is 2.24. The van der Waals surface area contributed by atoms with Crippen molar-refractivity contribution in [3.63, 3.8) is 0 Å². The smallest absolute Gasteiger partial charge is 0.251 e. The molecule has 0 unspecified atom stereocenters. The van der Waals surface area contributed by atoms with E-state index in [2.05, 4.69) is 10.6 Å². The zero-order chi connectivity index (χ0) is 17.4. The van der Waals surface area contributed by atoms with E-state index in [1.54, 1.807) is 14.2 Å². The minimum Gasteiger partial charge on any atom is -0.497 e. The quantitative estimate of drug-likeness (QED) is 0.731. The molecule has 2 rings (SSSR count). The predicted octanol–water partition coefficient (Wildman–Crippen LogP) is 2.53. The van der Waals surface area contributed by atoms with Crippen LogP contribution in [-0.4, -0.2) is 33.2 Å². The fraction of sp³-hybridized carbons (Fsp3) is 0.316.